The lowest BCUT2D eigenvalue weighted by molar-refractivity contribution is 0.0920. The number of hydrogen-bond donors (Lipinski definition) is 1. The van der Waals surface area contributed by atoms with Gasteiger partial charge in [0.25, 0.3) is 5.91 Å². The Balaban J connectivity index is 2.18. The van der Waals surface area contributed by atoms with Crippen molar-refractivity contribution in [3.05, 3.63) is 23.2 Å². The number of amides is 1. The monoisotopic (exact) mass is 221 g/mol. The number of carbonyl (C=O) groups is 2. The molecule has 0 aliphatic heterocycles. The molecule has 0 radical (unpaired) electrons. The fourth-order valence-electron chi connectivity index (χ4n) is 1.83. The first-order valence-corrected chi connectivity index (χ1v) is 5.66. The van der Waals surface area contributed by atoms with Crippen LogP contribution in [-0.2, 0) is 6.42 Å². The van der Waals surface area contributed by atoms with Crippen molar-refractivity contribution in [3.63, 3.8) is 0 Å². The number of rotatable bonds is 3. The zero-order valence-electron chi connectivity index (χ0n) is 9.34. The Morgan fingerprint density at radius 3 is 3.00 bits per heavy atom. The molecular formula is C12H15NO3. The highest BCUT2D eigenvalue weighted by molar-refractivity contribution is 6.01. The molecule has 1 N–H and O–H groups in total. The Labute approximate surface area is 94.0 Å². The van der Waals surface area contributed by atoms with Crippen molar-refractivity contribution < 1.29 is 14.0 Å². The molecule has 1 aromatic heterocycles. The fourth-order valence-corrected chi connectivity index (χ4v) is 1.83. The third-order valence-corrected chi connectivity index (χ3v) is 2.68. The molecule has 0 fully saturated rings. The predicted molar refractivity (Wildman–Crippen MR) is 58.6 cm³/mol. The lowest BCUT2D eigenvalue weighted by atomic mass is 9.97. The Kier molecular flexibility index (Phi) is 3.08. The number of ketones is 1. The van der Waals surface area contributed by atoms with Crippen LogP contribution in [0.4, 0.5) is 0 Å². The van der Waals surface area contributed by atoms with Crippen LogP contribution in [0.2, 0.25) is 0 Å². The molecule has 0 spiro atoms. The number of hydrogen-bond acceptors (Lipinski definition) is 3. The molecule has 1 aromatic rings. The van der Waals surface area contributed by atoms with Crippen LogP contribution >= 0.6 is 0 Å². The summed E-state index contributed by atoms with van der Waals surface area (Å²) in [6.45, 7) is 2.61. The summed E-state index contributed by atoms with van der Waals surface area (Å²) in [7, 11) is 0. The first-order valence-electron chi connectivity index (χ1n) is 5.66. The van der Waals surface area contributed by atoms with E-state index in [1.807, 2.05) is 6.92 Å². The van der Waals surface area contributed by atoms with Crippen molar-refractivity contribution in [1.82, 2.24) is 5.32 Å². The predicted octanol–water partition coefficient (Wildman–Crippen LogP) is 1.94. The van der Waals surface area contributed by atoms with E-state index in [2.05, 4.69) is 5.32 Å². The number of furan rings is 1. The summed E-state index contributed by atoms with van der Waals surface area (Å²) in [5, 5.41) is 2.73. The van der Waals surface area contributed by atoms with Crippen LogP contribution in [0.3, 0.4) is 0 Å². The maximum absolute atomic E-state index is 11.6. The van der Waals surface area contributed by atoms with Gasteiger partial charge in [0.15, 0.2) is 11.5 Å². The van der Waals surface area contributed by atoms with Crippen molar-refractivity contribution >= 4 is 11.7 Å². The number of aryl methyl sites for hydroxylation is 1. The molecule has 1 aliphatic rings. The second-order valence-electron chi connectivity index (χ2n) is 3.98. The first-order chi connectivity index (χ1) is 7.72. The van der Waals surface area contributed by atoms with E-state index in [4.69, 9.17) is 4.42 Å². The second kappa shape index (κ2) is 4.51. The van der Waals surface area contributed by atoms with Gasteiger partial charge in [-0.25, -0.2) is 0 Å². The van der Waals surface area contributed by atoms with Crippen molar-refractivity contribution in [3.8, 4) is 0 Å². The van der Waals surface area contributed by atoms with Crippen molar-refractivity contribution in [2.24, 2.45) is 0 Å². The highest BCUT2D eigenvalue weighted by atomic mass is 16.4. The zero-order chi connectivity index (χ0) is 11.5. The summed E-state index contributed by atoms with van der Waals surface area (Å²) < 4.78 is 5.40. The molecule has 0 unspecified atom stereocenters. The quantitative estimate of drug-likeness (QED) is 0.848. The minimum atomic E-state index is -0.232. The van der Waals surface area contributed by atoms with Crippen LogP contribution in [0.15, 0.2) is 10.5 Å². The van der Waals surface area contributed by atoms with E-state index in [-0.39, 0.29) is 17.5 Å². The maximum Gasteiger partial charge on any atom is 0.287 e. The molecule has 4 heteroatoms. The average Bonchev–Trinajstić information content (AvgIpc) is 2.71. The minimum Gasteiger partial charge on any atom is -0.455 e. The smallest absolute Gasteiger partial charge is 0.287 e. The van der Waals surface area contributed by atoms with Crippen LogP contribution in [0.25, 0.3) is 0 Å². The molecule has 1 heterocycles. The van der Waals surface area contributed by atoms with Gasteiger partial charge in [-0.15, -0.1) is 0 Å². The van der Waals surface area contributed by atoms with Gasteiger partial charge < -0.3 is 9.73 Å². The molecule has 0 bridgehead atoms. The van der Waals surface area contributed by atoms with E-state index in [0.29, 0.717) is 24.3 Å². The Morgan fingerprint density at radius 1 is 1.50 bits per heavy atom. The number of carbonyl (C=O) groups excluding carboxylic acids is 2. The summed E-state index contributed by atoms with van der Waals surface area (Å²) in [5.41, 5.74) is 0.591. The summed E-state index contributed by atoms with van der Waals surface area (Å²) in [6, 6.07) is 1.57. The maximum atomic E-state index is 11.6. The summed E-state index contributed by atoms with van der Waals surface area (Å²) in [5.74, 6) is 0.773. The third-order valence-electron chi connectivity index (χ3n) is 2.68. The Hall–Kier alpha value is -1.58. The zero-order valence-corrected chi connectivity index (χ0v) is 9.34. The molecule has 16 heavy (non-hydrogen) atoms. The van der Waals surface area contributed by atoms with E-state index in [1.54, 1.807) is 6.07 Å². The van der Waals surface area contributed by atoms with Crippen LogP contribution in [0.5, 0.6) is 0 Å². The topological polar surface area (TPSA) is 59.3 Å². The first kappa shape index (κ1) is 10.9. The average molecular weight is 221 g/mol. The van der Waals surface area contributed by atoms with E-state index in [1.165, 1.54) is 0 Å². The lowest BCUT2D eigenvalue weighted by Gasteiger charge is -2.06. The summed E-state index contributed by atoms with van der Waals surface area (Å²) >= 11 is 0. The van der Waals surface area contributed by atoms with Gasteiger partial charge in [0.2, 0.25) is 0 Å². The van der Waals surface area contributed by atoms with Crippen LogP contribution in [0.1, 0.15) is 52.9 Å². The normalized spacial score (nSPS) is 14.7. The Bertz CT molecular complexity index is 420. The SMILES string of the molecule is CCCNC(=O)c1cc2c(o1)CCCC2=O. The van der Waals surface area contributed by atoms with E-state index in [0.717, 1.165) is 19.3 Å². The molecule has 0 atom stereocenters. The van der Waals surface area contributed by atoms with Crippen LogP contribution < -0.4 is 5.32 Å². The van der Waals surface area contributed by atoms with E-state index >= 15 is 0 Å². The fraction of sp³-hybridized carbons (Fsp3) is 0.500. The summed E-state index contributed by atoms with van der Waals surface area (Å²) in [6.07, 6.45) is 3.01. The molecular weight excluding hydrogens is 206 g/mol. The van der Waals surface area contributed by atoms with Gasteiger partial charge in [-0.2, -0.15) is 0 Å². The van der Waals surface area contributed by atoms with Crippen LogP contribution in [-0.4, -0.2) is 18.2 Å². The molecule has 0 saturated carbocycles. The van der Waals surface area contributed by atoms with Crippen molar-refractivity contribution in [1.29, 1.82) is 0 Å². The lowest BCUT2D eigenvalue weighted by Crippen LogP contribution is -2.23. The third kappa shape index (κ3) is 2.01. The molecule has 0 saturated heterocycles. The molecule has 2 rings (SSSR count). The van der Waals surface area contributed by atoms with E-state index < -0.39 is 0 Å². The molecule has 86 valence electrons. The van der Waals surface area contributed by atoms with Crippen molar-refractivity contribution in [2.45, 2.75) is 32.6 Å². The number of Topliss-reactive ketones (excluding diaryl/α,β-unsaturated/α-hetero) is 1. The standard InChI is InChI=1S/C12H15NO3/c1-2-6-13-12(15)11-7-8-9(14)4-3-5-10(8)16-11/h7H,2-6H2,1H3,(H,13,15). The van der Waals surface area contributed by atoms with Gasteiger partial charge in [0.1, 0.15) is 5.76 Å². The van der Waals surface area contributed by atoms with Gasteiger partial charge in [0, 0.05) is 25.5 Å². The van der Waals surface area contributed by atoms with E-state index in [9.17, 15) is 9.59 Å². The van der Waals surface area contributed by atoms with Gasteiger partial charge in [0.05, 0.1) is 5.56 Å². The number of nitrogens with one attached hydrogen (secondary N) is 1. The van der Waals surface area contributed by atoms with Gasteiger partial charge in [-0.05, 0) is 12.8 Å². The molecule has 1 aliphatic carbocycles. The largest absolute Gasteiger partial charge is 0.455 e. The van der Waals surface area contributed by atoms with Gasteiger partial charge in [-0.3, -0.25) is 9.59 Å². The highest BCUT2D eigenvalue weighted by Gasteiger charge is 2.24. The minimum absolute atomic E-state index is 0.0829. The highest BCUT2D eigenvalue weighted by Crippen LogP contribution is 2.24. The van der Waals surface area contributed by atoms with Crippen molar-refractivity contribution in [2.75, 3.05) is 6.54 Å². The van der Waals surface area contributed by atoms with Gasteiger partial charge >= 0.3 is 0 Å². The van der Waals surface area contributed by atoms with Crippen LogP contribution in [0, 0.1) is 0 Å². The Morgan fingerprint density at radius 2 is 2.31 bits per heavy atom. The molecule has 0 aromatic carbocycles. The number of fused-ring (bicyclic) bond motifs is 1. The van der Waals surface area contributed by atoms with Gasteiger partial charge in [-0.1, -0.05) is 6.92 Å². The molecule has 4 nitrogen and oxygen atoms in total. The second-order valence-corrected chi connectivity index (χ2v) is 3.98. The molecule has 1 amide bonds. The summed E-state index contributed by atoms with van der Waals surface area (Å²) in [4.78, 5) is 23.2.